The summed E-state index contributed by atoms with van der Waals surface area (Å²) >= 11 is 13.0. The lowest BCUT2D eigenvalue weighted by Crippen LogP contribution is -2.35. The Hall–Kier alpha value is -1.96. The van der Waals surface area contributed by atoms with Crippen molar-refractivity contribution in [2.24, 2.45) is 0 Å². The Morgan fingerprint density at radius 2 is 1.94 bits per heavy atom. The largest absolute Gasteiger partial charge is 0.394 e. The van der Waals surface area contributed by atoms with E-state index in [1.165, 1.54) is 10.6 Å². The van der Waals surface area contributed by atoms with Gasteiger partial charge in [-0.1, -0.05) is 29.3 Å². The number of hydrogen-bond donors (Lipinski definition) is 2. The molecule has 2 heterocycles. The summed E-state index contributed by atoms with van der Waals surface area (Å²) in [5.74, 6) is 0. The highest BCUT2D eigenvalue weighted by Crippen LogP contribution is 2.37. The monoisotopic (exact) mass is 471 g/mol. The molecule has 1 aliphatic carbocycles. The summed E-state index contributed by atoms with van der Waals surface area (Å²) in [4.78, 5) is 4.08. The molecule has 1 aliphatic rings. The second kappa shape index (κ2) is 8.19. The number of pyridine rings is 1. The number of halogens is 5. The Kier molecular flexibility index (Phi) is 5.87. The Balaban J connectivity index is 1.57. The topological polar surface area (TPSA) is 49.6 Å². The van der Waals surface area contributed by atoms with Crippen molar-refractivity contribution in [3.8, 4) is 11.1 Å². The summed E-state index contributed by atoms with van der Waals surface area (Å²) in [5, 5.41) is 14.3. The minimum absolute atomic E-state index is 0.0278. The molecule has 2 N–H and O–H groups in total. The van der Waals surface area contributed by atoms with E-state index in [1.807, 2.05) is 19.1 Å². The van der Waals surface area contributed by atoms with E-state index in [-0.39, 0.29) is 22.4 Å². The normalized spacial score (nSPS) is 22.1. The molecule has 31 heavy (non-hydrogen) atoms. The smallest absolute Gasteiger partial charge is 0.390 e. The molecule has 9 heteroatoms. The zero-order valence-corrected chi connectivity index (χ0v) is 18.3. The van der Waals surface area contributed by atoms with E-state index in [4.69, 9.17) is 23.2 Å². The van der Waals surface area contributed by atoms with Gasteiger partial charge in [-0.25, -0.2) is 4.98 Å². The zero-order chi connectivity index (χ0) is 22.4. The first kappa shape index (κ1) is 22.2. The fraction of sp³-hybridized carbons (Fsp3) is 0.409. The van der Waals surface area contributed by atoms with Crippen LogP contribution < -0.4 is 5.32 Å². The highest BCUT2D eigenvalue weighted by atomic mass is 35.5. The predicted molar refractivity (Wildman–Crippen MR) is 117 cm³/mol. The van der Waals surface area contributed by atoms with Gasteiger partial charge in [-0.05, 0) is 56.4 Å². The molecule has 1 aromatic carbocycles. The first-order chi connectivity index (χ1) is 14.5. The molecule has 0 saturated heterocycles. The van der Waals surface area contributed by atoms with Crippen molar-refractivity contribution in [3.63, 3.8) is 0 Å². The van der Waals surface area contributed by atoms with E-state index in [2.05, 4.69) is 10.3 Å². The third-order valence-corrected chi connectivity index (χ3v) is 6.47. The Labute approximate surface area is 188 Å². The number of anilines is 1. The molecule has 4 nitrogen and oxygen atoms in total. The van der Waals surface area contributed by atoms with Crippen LogP contribution in [0.25, 0.3) is 16.8 Å². The minimum Gasteiger partial charge on any atom is -0.390 e. The molecule has 0 amide bonds. The van der Waals surface area contributed by atoms with Crippen LogP contribution in [-0.2, 0) is 6.42 Å². The maximum absolute atomic E-state index is 12.8. The lowest BCUT2D eigenvalue weighted by atomic mass is 9.83. The van der Waals surface area contributed by atoms with Crippen molar-refractivity contribution < 1.29 is 18.3 Å². The van der Waals surface area contributed by atoms with Crippen LogP contribution in [0.1, 0.15) is 38.3 Å². The number of aliphatic hydroxyl groups is 1. The average Bonchev–Trinajstić information content (AvgIpc) is 3.07. The van der Waals surface area contributed by atoms with E-state index in [9.17, 15) is 18.3 Å². The fourth-order valence-electron chi connectivity index (χ4n) is 4.03. The number of benzene rings is 1. The zero-order valence-electron chi connectivity index (χ0n) is 16.8. The number of nitrogens with zero attached hydrogens (tertiary/aromatic N) is 2. The molecule has 0 aliphatic heterocycles. The van der Waals surface area contributed by atoms with Crippen LogP contribution in [0.5, 0.6) is 0 Å². The number of aromatic nitrogens is 2. The molecule has 3 aromatic rings. The molecule has 1 fully saturated rings. The number of alkyl halides is 3. The van der Waals surface area contributed by atoms with Gasteiger partial charge in [0.15, 0.2) is 5.65 Å². The van der Waals surface area contributed by atoms with Crippen molar-refractivity contribution in [1.29, 1.82) is 0 Å². The Bertz CT molecular complexity index is 1100. The van der Waals surface area contributed by atoms with Crippen LogP contribution >= 0.6 is 23.2 Å². The van der Waals surface area contributed by atoms with Crippen LogP contribution in [0.4, 0.5) is 18.9 Å². The molecular weight excluding hydrogens is 450 g/mol. The third kappa shape index (κ3) is 4.94. The van der Waals surface area contributed by atoms with Crippen molar-refractivity contribution >= 4 is 34.5 Å². The van der Waals surface area contributed by atoms with Gasteiger partial charge in [0.2, 0.25) is 0 Å². The number of fused-ring (bicyclic) bond motifs is 1. The molecular formula is C22H22Cl2F3N3O. The lowest BCUT2D eigenvalue weighted by Gasteiger charge is -2.34. The van der Waals surface area contributed by atoms with Crippen LogP contribution in [0.3, 0.4) is 0 Å². The van der Waals surface area contributed by atoms with Crippen molar-refractivity contribution in [2.75, 3.05) is 5.32 Å². The van der Waals surface area contributed by atoms with Gasteiger partial charge < -0.3 is 14.8 Å². The van der Waals surface area contributed by atoms with E-state index < -0.39 is 18.2 Å². The number of imidazole rings is 1. The van der Waals surface area contributed by atoms with Crippen LogP contribution in [-0.4, -0.2) is 32.3 Å². The van der Waals surface area contributed by atoms with Gasteiger partial charge >= 0.3 is 6.18 Å². The lowest BCUT2D eigenvalue weighted by molar-refractivity contribution is -0.127. The summed E-state index contributed by atoms with van der Waals surface area (Å²) < 4.78 is 39.7. The molecule has 0 atom stereocenters. The molecule has 0 bridgehead atoms. The van der Waals surface area contributed by atoms with Gasteiger partial charge in [0, 0.05) is 24.0 Å². The van der Waals surface area contributed by atoms with Crippen molar-refractivity contribution in [3.05, 3.63) is 52.4 Å². The standard InChI is InChI=1S/C22H22Cl2F3N3O/c1-21(31)7-4-14(5-8-21)29-18-3-2-13(10-17(18)23)16-6-9-30-15(11-22(25,26)27)12-28-20(30)19(16)24/h2-3,6,9-10,12,14,29,31H,4-5,7-8,11H2,1H3/t14-,21+. The first-order valence-electron chi connectivity index (χ1n) is 10.0. The molecule has 0 radical (unpaired) electrons. The van der Waals surface area contributed by atoms with E-state index in [0.717, 1.165) is 36.9 Å². The highest BCUT2D eigenvalue weighted by molar-refractivity contribution is 6.36. The molecule has 2 aromatic heterocycles. The molecule has 4 rings (SSSR count). The summed E-state index contributed by atoms with van der Waals surface area (Å²) in [6, 6.07) is 7.41. The maximum Gasteiger partial charge on any atom is 0.394 e. The minimum atomic E-state index is -4.33. The van der Waals surface area contributed by atoms with Crippen LogP contribution in [0, 0.1) is 0 Å². The highest BCUT2D eigenvalue weighted by Gasteiger charge is 2.30. The van der Waals surface area contributed by atoms with Gasteiger partial charge in [-0.15, -0.1) is 0 Å². The second-order valence-electron chi connectivity index (χ2n) is 8.39. The average molecular weight is 472 g/mol. The quantitative estimate of drug-likeness (QED) is 0.455. The van der Waals surface area contributed by atoms with Crippen molar-refractivity contribution in [1.82, 2.24) is 9.38 Å². The van der Waals surface area contributed by atoms with E-state index in [0.29, 0.717) is 10.6 Å². The van der Waals surface area contributed by atoms with Gasteiger partial charge in [0.1, 0.15) is 0 Å². The number of nitrogens with one attached hydrogen (secondary N) is 1. The SMILES string of the molecule is C[C@]1(O)CC[C@@H](Nc2ccc(-c3ccn4c(CC(F)(F)F)cnc4c3Cl)cc2Cl)CC1. The van der Waals surface area contributed by atoms with Gasteiger partial charge in [0.25, 0.3) is 0 Å². The third-order valence-electron chi connectivity index (χ3n) is 5.78. The second-order valence-corrected chi connectivity index (χ2v) is 9.17. The van der Waals surface area contributed by atoms with Gasteiger partial charge in [-0.3, -0.25) is 0 Å². The molecule has 0 spiro atoms. The Morgan fingerprint density at radius 1 is 1.23 bits per heavy atom. The van der Waals surface area contributed by atoms with E-state index in [1.54, 1.807) is 18.3 Å². The summed E-state index contributed by atoms with van der Waals surface area (Å²) in [6.45, 7) is 1.86. The van der Waals surface area contributed by atoms with Gasteiger partial charge in [-0.2, -0.15) is 13.2 Å². The summed E-state index contributed by atoms with van der Waals surface area (Å²) in [7, 11) is 0. The molecule has 166 valence electrons. The molecule has 0 unspecified atom stereocenters. The number of hydrogen-bond acceptors (Lipinski definition) is 3. The summed E-state index contributed by atoms with van der Waals surface area (Å²) in [6.07, 6.45) is 0.506. The summed E-state index contributed by atoms with van der Waals surface area (Å²) in [5.41, 5.74) is 1.87. The fourth-order valence-corrected chi connectivity index (χ4v) is 4.58. The van der Waals surface area contributed by atoms with Gasteiger partial charge in [0.05, 0.1) is 33.4 Å². The van der Waals surface area contributed by atoms with Crippen LogP contribution in [0.2, 0.25) is 10.0 Å². The van der Waals surface area contributed by atoms with Crippen molar-refractivity contribution in [2.45, 2.75) is 56.8 Å². The Morgan fingerprint density at radius 3 is 2.58 bits per heavy atom. The maximum atomic E-state index is 12.8. The first-order valence-corrected chi connectivity index (χ1v) is 10.8. The predicted octanol–water partition coefficient (Wildman–Crippen LogP) is 6.52. The van der Waals surface area contributed by atoms with Crippen LogP contribution in [0.15, 0.2) is 36.7 Å². The molecule has 1 saturated carbocycles. The number of rotatable bonds is 4. The van der Waals surface area contributed by atoms with E-state index >= 15 is 0 Å².